The van der Waals surface area contributed by atoms with E-state index in [-0.39, 0.29) is 17.7 Å². The van der Waals surface area contributed by atoms with E-state index in [0.717, 1.165) is 55.0 Å². The largest absolute Gasteiger partial charge is 0.396 e. The molecule has 0 bridgehead atoms. The van der Waals surface area contributed by atoms with Crippen LogP contribution in [0.2, 0.25) is 5.02 Å². The Hall–Kier alpha value is -2.90. The van der Waals surface area contributed by atoms with Gasteiger partial charge in [-0.05, 0) is 114 Å². The average molecular weight is 595 g/mol. The van der Waals surface area contributed by atoms with Crippen LogP contribution in [-0.2, 0) is 20.8 Å². The number of rotatable bonds is 11. The van der Waals surface area contributed by atoms with Gasteiger partial charge in [-0.2, -0.15) is 0 Å². The highest BCUT2D eigenvalue weighted by Gasteiger charge is 2.30. The van der Waals surface area contributed by atoms with Gasteiger partial charge in [0.1, 0.15) is 6.61 Å². The summed E-state index contributed by atoms with van der Waals surface area (Å²) in [7, 11) is 0. The molecule has 42 heavy (non-hydrogen) atoms. The number of benzene rings is 2. The summed E-state index contributed by atoms with van der Waals surface area (Å²) in [5.74, 6) is 0.871. The summed E-state index contributed by atoms with van der Waals surface area (Å²) in [6, 6.07) is 14.6. The highest BCUT2D eigenvalue weighted by Crippen LogP contribution is 2.28. The molecule has 0 radical (unpaired) electrons. The lowest BCUT2D eigenvalue weighted by molar-refractivity contribution is -0.133. The Labute approximate surface area is 256 Å². The van der Waals surface area contributed by atoms with Gasteiger partial charge in [-0.25, -0.2) is 0 Å². The van der Waals surface area contributed by atoms with Crippen LogP contribution in [0.1, 0.15) is 69.6 Å². The number of oxime groups is 1. The Morgan fingerprint density at radius 3 is 2.31 bits per heavy atom. The number of carbonyl (C=O) groups excluding carboxylic acids is 2. The van der Waals surface area contributed by atoms with Crippen molar-refractivity contribution in [3.8, 4) is 0 Å². The van der Waals surface area contributed by atoms with E-state index in [2.05, 4.69) is 34.3 Å². The lowest BCUT2D eigenvalue weighted by atomic mass is 9.89. The third-order valence-electron chi connectivity index (χ3n) is 8.81. The Morgan fingerprint density at radius 2 is 1.69 bits per heavy atom. The van der Waals surface area contributed by atoms with Crippen LogP contribution in [0.15, 0.2) is 47.6 Å². The second kappa shape index (κ2) is 15.5. The molecule has 0 aliphatic carbocycles. The number of anilines is 1. The smallest absolute Gasteiger partial charge is 0.230 e. The van der Waals surface area contributed by atoms with Crippen LogP contribution < -0.4 is 4.90 Å². The molecule has 0 unspecified atom stereocenters. The van der Waals surface area contributed by atoms with Crippen LogP contribution >= 0.6 is 11.6 Å². The quantitative estimate of drug-likeness (QED) is 0.225. The van der Waals surface area contributed by atoms with Gasteiger partial charge in [-0.3, -0.25) is 9.59 Å². The van der Waals surface area contributed by atoms with Gasteiger partial charge in [0.05, 0.1) is 5.71 Å². The maximum atomic E-state index is 13.7. The first kappa shape index (κ1) is 32.0. The van der Waals surface area contributed by atoms with Crippen LogP contribution in [0, 0.1) is 18.8 Å². The summed E-state index contributed by atoms with van der Waals surface area (Å²) in [4.78, 5) is 37.0. The first-order valence-corrected chi connectivity index (χ1v) is 15.9. The predicted molar refractivity (Wildman–Crippen MR) is 171 cm³/mol. The van der Waals surface area contributed by atoms with Crippen molar-refractivity contribution in [2.75, 3.05) is 50.8 Å². The molecule has 0 spiro atoms. The Morgan fingerprint density at radius 1 is 1.00 bits per heavy atom. The van der Waals surface area contributed by atoms with Gasteiger partial charge in [-0.1, -0.05) is 47.1 Å². The number of piperidine rings is 2. The maximum absolute atomic E-state index is 13.7. The van der Waals surface area contributed by atoms with Gasteiger partial charge in [0.25, 0.3) is 0 Å². The fourth-order valence-electron chi connectivity index (χ4n) is 6.07. The fraction of sp³-hybridized carbons (Fsp3) is 0.559. The van der Waals surface area contributed by atoms with Crippen LogP contribution in [0.5, 0.6) is 0 Å². The second-order valence-corrected chi connectivity index (χ2v) is 12.2. The van der Waals surface area contributed by atoms with Crippen molar-refractivity contribution in [3.05, 3.63) is 64.2 Å². The Kier molecular flexibility index (Phi) is 11.8. The normalized spacial score (nSPS) is 17.4. The highest BCUT2D eigenvalue weighted by molar-refractivity contribution is 6.31. The molecule has 2 amide bonds. The molecular weight excluding hydrogens is 548 g/mol. The molecule has 8 heteroatoms. The molecule has 4 rings (SSSR count). The van der Waals surface area contributed by atoms with Gasteiger partial charge >= 0.3 is 0 Å². The van der Waals surface area contributed by atoms with Gasteiger partial charge in [0.2, 0.25) is 11.8 Å². The number of carbonyl (C=O) groups is 2. The van der Waals surface area contributed by atoms with Crippen molar-refractivity contribution in [2.24, 2.45) is 17.0 Å². The number of halogens is 1. The minimum atomic E-state index is -0.0636. The number of nitrogens with zero attached hydrogens (tertiary/aromatic N) is 4. The van der Waals surface area contributed by atoms with E-state index < -0.39 is 0 Å². The van der Waals surface area contributed by atoms with Crippen molar-refractivity contribution in [1.82, 2.24) is 9.80 Å². The first-order chi connectivity index (χ1) is 20.2. The van der Waals surface area contributed by atoms with E-state index in [0.29, 0.717) is 50.0 Å². The molecule has 2 aliphatic rings. The van der Waals surface area contributed by atoms with Crippen molar-refractivity contribution in [3.63, 3.8) is 0 Å². The molecule has 2 aromatic carbocycles. The Bertz CT molecular complexity index is 1220. The molecule has 7 nitrogen and oxygen atoms in total. The minimum absolute atomic E-state index is 0.0636. The summed E-state index contributed by atoms with van der Waals surface area (Å²) < 4.78 is 0. The molecule has 2 fully saturated rings. The lowest BCUT2D eigenvalue weighted by Crippen LogP contribution is -2.45. The zero-order valence-electron chi connectivity index (χ0n) is 25.8. The number of hydrogen-bond acceptors (Lipinski definition) is 5. The van der Waals surface area contributed by atoms with Crippen molar-refractivity contribution >= 4 is 34.8 Å². The lowest BCUT2D eigenvalue weighted by Gasteiger charge is -2.35. The van der Waals surface area contributed by atoms with E-state index >= 15 is 0 Å². The molecule has 2 heterocycles. The third kappa shape index (κ3) is 8.81. The monoisotopic (exact) mass is 594 g/mol. The summed E-state index contributed by atoms with van der Waals surface area (Å²) in [5, 5.41) is 4.82. The van der Waals surface area contributed by atoms with E-state index in [4.69, 9.17) is 16.4 Å². The van der Waals surface area contributed by atoms with Crippen molar-refractivity contribution in [2.45, 2.75) is 66.2 Å². The Balaban J connectivity index is 1.27. The SMILES string of the molecule is CCO/N=C(\C)c1ccc(CC2CCN(CCCN(C(=O)C3CCN(C(C)=O)CC3)c3ccc(C)c(Cl)c3)CC2)cc1. The number of likely N-dealkylation sites (tertiary alicyclic amines) is 2. The van der Waals surface area contributed by atoms with Crippen LogP contribution in [-0.4, -0.2) is 73.2 Å². The molecule has 228 valence electrons. The zero-order chi connectivity index (χ0) is 30.1. The molecule has 2 aromatic rings. The fourth-order valence-corrected chi connectivity index (χ4v) is 6.25. The number of amides is 2. The number of hydrogen-bond donors (Lipinski definition) is 0. The molecule has 2 aliphatic heterocycles. The van der Waals surface area contributed by atoms with Crippen LogP contribution in [0.4, 0.5) is 5.69 Å². The molecule has 0 atom stereocenters. The zero-order valence-corrected chi connectivity index (χ0v) is 26.5. The van der Waals surface area contributed by atoms with E-state index in [1.54, 1.807) is 6.92 Å². The molecule has 0 N–H and O–H groups in total. The summed E-state index contributed by atoms with van der Waals surface area (Å²) in [6.45, 7) is 13.2. The molecule has 0 aromatic heterocycles. The first-order valence-electron chi connectivity index (χ1n) is 15.6. The standard InChI is InChI=1S/C34H47ClN4O3/c1-5-42-36-26(3)30-10-8-28(9-11-30)23-29-13-19-37(20-14-29)17-6-18-39(32-12-7-25(2)33(35)24-32)34(41)31-15-21-38(22-16-31)27(4)40/h7-12,24,29,31H,5-6,13-23H2,1-4H3/b36-26+. The maximum Gasteiger partial charge on any atom is 0.230 e. The second-order valence-electron chi connectivity index (χ2n) is 11.8. The third-order valence-corrected chi connectivity index (χ3v) is 9.22. The van der Waals surface area contributed by atoms with Crippen molar-refractivity contribution in [1.29, 1.82) is 0 Å². The summed E-state index contributed by atoms with van der Waals surface area (Å²) in [5.41, 5.74) is 5.26. The molecule has 0 saturated carbocycles. The summed E-state index contributed by atoms with van der Waals surface area (Å²) in [6.07, 6.45) is 5.83. The predicted octanol–water partition coefficient (Wildman–Crippen LogP) is 6.35. The van der Waals surface area contributed by atoms with E-state index in [9.17, 15) is 9.59 Å². The van der Waals surface area contributed by atoms with Gasteiger partial charge < -0.3 is 19.5 Å². The van der Waals surface area contributed by atoms with Crippen LogP contribution in [0.3, 0.4) is 0 Å². The van der Waals surface area contributed by atoms with Gasteiger partial charge in [-0.15, -0.1) is 0 Å². The topological polar surface area (TPSA) is 65.5 Å². The number of aryl methyl sites for hydroxylation is 1. The van der Waals surface area contributed by atoms with Gasteiger partial charge in [0, 0.05) is 43.2 Å². The highest BCUT2D eigenvalue weighted by atomic mass is 35.5. The van der Waals surface area contributed by atoms with E-state index in [1.807, 2.05) is 48.8 Å². The summed E-state index contributed by atoms with van der Waals surface area (Å²) >= 11 is 6.47. The molecule has 2 saturated heterocycles. The van der Waals surface area contributed by atoms with Gasteiger partial charge in [0.15, 0.2) is 0 Å². The van der Waals surface area contributed by atoms with Crippen LogP contribution in [0.25, 0.3) is 0 Å². The minimum Gasteiger partial charge on any atom is -0.396 e. The van der Waals surface area contributed by atoms with Crippen molar-refractivity contribution < 1.29 is 14.4 Å². The van der Waals surface area contributed by atoms with E-state index in [1.165, 1.54) is 18.4 Å². The average Bonchev–Trinajstić information content (AvgIpc) is 3.00. The molecular formula is C34H47ClN4O3.